The Balaban J connectivity index is 2.54. The van der Waals surface area contributed by atoms with Gasteiger partial charge in [-0.2, -0.15) is 5.26 Å². The lowest BCUT2D eigenvalue weighted by Gasteiger charge is -2.19. The van der Waals surface area contributed by atoms with Crippen LogP contribution in [0.4, 0.5) is 4.79 Å². The van der Waals surface area contributed by atoms with Crippen LogP contribution in [0.25, 0.3) is 10.9 Å². The van der Waals surface area contributed by atoms with E-state index >= 15 is 0 Å². The molecule has 21 heavy (non-hydrogen) atoms. The Hall–Kier alpha value is -2.32. The molecule has 110 valence electrons. The molecular weight excluding hydrogens is 268 g/mol. The van der Waals surface area contributed by atoms with Crippen molar-refractivity contribution >= 4 is 17.0 Å². The summed E-state index contributed by atoms with van der Waals surface area (Å²) in [5, 5.41) is 18.9. The van der Waals surface area contributed by atoms with Gasteiger partial charge in [0.2, 0.25) is 0 Å². The van der Waals surface area contributed by atoms with Crippen molar-refractivity contribution < 1.29 is 14.6 Å². The van der Waals surface area contributed by atoms with Crippen molar-refractivity contribution in [1.29, 1.82) is 5.26 Å². The maximum absolute atomic E-state index is 12.3. The summed E-state index contributed by atoms with van der Waals surface area (Å²) in [5.74, 6) is 0. The number of ether oxygens (including phenoxy) is 1. The van der Waals surface area contributed by atoms with Crippen LogP contribution in [-0.4, -0.2) is 21.4 Å². The maximum atomic E-state index is 12.3. The molecule has 0 amide bonds. The molecule has 1 N–H and O–H groups in total. The van der Waals surface area contributed by atoms with E-state index in [1.165, 1.54) is 4.57 Å². The second-order valence-corrected chi connectivity index (χ2v) is 5.85. The molecule has 2 aromatic rings. The van der Waals surface area contributed by atoms with Crippen molar-refractivity contribution in [1.82, 2.24) is 4.57 Å². The lowest BCUT2D eigenvalue weighted by Crippen LogP contribution is -2.26. The van der Waals surface area contributed by atoms with Gasteiger partial charge in [0.1, 0.15) is 5.60 Å². The van der Waals surface area contributed by atoms with E-state index in [2.05, 4.69) is 6.07 Å². The first-order valence-electron chi connectivity index (χ1n) is 6.69. The van der Waals surface area contributed by atoms with Gasteiger partial charge in [-0.1, -0.05) is 6.07 Å². The number of aliphatic hydroxyl groups excluding tert-OH is 1. The van der Waals surface area contributed by atoms with Crippen LogP contribution >= 0.6 is 0 Å². The third-order valence-corrected chi connectivity index (χ3v) is 2.99. The van der Waals surface area contributed by atoms with Gasteiger partial charge in [-0.05, 0) is 44.0 Å². The molecule has 5 nitrogen and oxygen atoms in total. The van der Waals surface area contributed by atoms with E-state index in [4.69, 9.17) is 10.00 Å². The topological polar surface area (TPSA) is 75.2 Å². The first-order valence-corrected chi connectivity index (χ1v) is 6.69. The lowest BCUT2D eigenvalue weighted by atomic mass is 10.1. The molecule has 2 rings (SSSR count). The minimum absolute atomic E-state index is 0.0838. The third-order valence-electron chi connectivity index (χ3n) is 2.99. The normalized spacial score (nSPS) is 11.4. The number of nitrogens with zero attached hydrogens (tertiary/aromatic N) is 2. The molecule has 0 fully saturated rings. The molecule has 0 saturated heterocycles. The van der Waals surface area contributed by atoms with Gasteiger partial charge in [0.25, 0.3) is 0 Å². The van der Waals surface area contributed by atoms with Gasteiger partial charge in [-0.15, -0.1) is 0 Å². The summed E-state index contributed by atoms with van der Waals surface area (Å²) in [7, 11) is 0. The first-order chi connectivity index (χ1) is 9.85. The molecule has 1 aromatic heterocycles. The second kappa shape index (κ2) is 5.58. The number of rotatable bonds is 2. The van der Waals surface area contributed by atoms with Crippen LogP contribution in [0, 0.1) is 11.3 Å². The van der Waals surface area contributed by atoms with Crippen molar-refractivity contribution in [2.75, 3.05) is 0 Å². The minimum atomic E-state index is -0.589. The van der Waals surface area contributed by atoms with Gasteiger partial charge in [-0.25, -0.2) is 4.79 Å². The van der Waals surface area contributed by atoms with Crippen LogP contribution in [-0.2, 0) is 17.8 Å². The van der Waals surface area contributed by atoms with E-state index in [0.29, 0.717) is 5.52 Å². The fourth-order valence-corrected chi connectivity index (χ4v) is 2.13. The number of aliphatic hydroxyl groups is 1. The van der Waals surface area contributed by atoms with E-state index < -0.39 is 11.7 Å². The minimum Gasteiger partial charge on any atom is -0.443 e. The Morgan fingerprint density at radius 3 is 2.71 bits per heavy atom. The summed E-state index contributed by atoms with van der Waals surface area (Å²) < 4.78 is 6.78. The van der Waals surface area contributed by atoms with Crippen LogP contribution in [0.15, 0.2) is 24.4 Å². The summed E-state index contributed by atoms with van der Waals surface area (Å²) in [5.41, 5.74) is 1.57. The molecule has 0 unspecified atom stereocenters. The molecule has 0 saturated carbocycles. The Morgan fingerprint density at radius 1 is 1.43 bits per heavy atom. The largest absolute Gasteiger partial charge is 0.443 e. The second-order valence-electron chi connectivity index (χ2n) is 5.85. The molecular formula is C16H18N2O3. The number of nitriles is 1. The Bertz CT molecular complexity index is 717. The number of carbonyl (C=O) groups is 1. The van der Waals surface area contributed by atoms with Gasteiger partial charge in [0.15, 0.2) is 0 Å². The number of aromatic nitrogens is 1. The number of hydrogen-bond acceptors (Lipinski definition) is 4. The SMILES string of the molecule is CC(C)(C)OC(=O)n1cc(CC#N)c2cc(CO)ccc21. The summed E-state index contributed by atoms with van der Waals surface area (Å²) in [6.45, 7) is 5.32. The zero-order chi connectivity index (χ0) is 15.6. The molecule has 0 atom stereocenters. The molecule has 5 heteroatoms. The third kappa shape index (κ3) is 3.23. The quantitative estimate of drug-likeness (QED) is 0.920. The Labute approximate surface area is 123 Å². The highest BCUT2D eigenvalue weighted by molar-refractivity contribution is 5.92. The molecule has 1 heterocycles. The Kier molecular flexibility index (Phi) is 4.01. The van der Waals surface area contributed by atoms with Crippen molar-refractivity contribution in [2.24, 2.45) is 0 Å². The van der Waals surface area contributed by atoms with Gasteiger partial charge in [0, 0.05) is 11.6 Å². The van der Waals surface area contributed by atoms with Gasteiger partial charge in [0.05, 0.1) is 24.6 Å². The monoisotopic (exact) mass is 286 g/mol. The highest BCUT2D eigenvalue weighted by Crippen LogP contribution is 2.24. The van der Waals surface area contributed by atoms with Crippen molar-refractivity contribution in [2.45, 2.75) is 39.4 Å². The zero-order valence-corrected chi connectivity index (χ0v) is 12.4. The summed E-state index contributed by atoms with van der Waals surface area (Å²) in [6.07, 6.45) is 1.35. The zero-order valence-electron chi connectivity index (χ0n) is 12.4. The average molecular weight is 286 g/mol. The molecule has 0 bridgehead atoms. The highest BCUT2D eigenvalue weighted by Gasteiger charge is 2.20. The fourth-order valence-electron chi connectivity index (χ4n) is 2.13. The van der Waals surface area contributed by atoms with Crippen LogP contribution < -0.4 is 0 Å². The molecule has 0 aliphatic rings. The average Bonchev–Trinajstić information content (AvgIpc) is 2.75. The molecule has 1 aromatic carbocycles. The molecule has 0 radical (unpaired) electrons. The van der Waals surface area contributed by atoms with Gasteiger partial charge < -0.3 is 9.84 Å². The summed E-state index contributed by atoms with van der Waals surface area (Å²) in [4.78, 5) is 12.3. The van der Waals surface area contributed by atoms with Gasteiger partial charge >= 0.3 is 6.09 Å². The van der Waals surface area contributed by atoms with Gasteiger partial charge in [-0.3, -0.25) is 4.57 Å². The number of hydrogen-bond donors (Lipinski definition) is 1. The fraction of sp³-hybridized carbons (Fsp3) is 0.375. The molecule has 0 spiro atoms. The van der Waals surface area contributed by atoms with Crippen LogP contribution in [0.5, 0.6) is 0 Å². The Morgan fingerprint density at radius 2 is 2.14 bits per heavy atom. The predicted molar refractivity (Wildman–Crippen MR) is 78.8 cm³/mol. The molecule has 0 aliphatic carbocycles. The molecule has 0 aliphatic heterocycles. The van der Waals surface area contributed by atoms with E-state index in [0.717, 1.165) is 16.5 Å². The van der Waals surface area contributed by atoms with Crippen molar-refractivity contribution in [3.05, 3.63) is 35.5 Å². The van der Waals surface area contributed by atoms with E-state index in [9.17, 15) is 9.90 Å². The number of carbonyl (C=O) groups excluding carboxylic acids is 1. The van der Waals surface area contributed by atoms with Crippen molar-refractivity contribution in [3.63, 3.8) is 0 Å². The highest BCUT2D eigenvalue weighted by atomic mass is 16.6. The van der Waals surface area contributed by atoms with E-state index in [1.807, 2.05) is 0 Å². The predicted octanol–water partition coefficient (Wildman–Crippen LogP) is 2.98. The van der Waals surface area contributed by atoms with Crippen LogP contribution in [0.1, 0.15) is 31.9 Å². The number of benzene rings is 1. The first kappa shape index (κ1) is 15.1. The summed E-state index contributed by atoms with van der Waals surface area (Å²) >= 11 is 0. The number of fused-ring (bicyclic) bond motifs is 1. The smallest absolute Gasteiger partial charge is 0.419 e. The van der Waals surface area contributed by atoms with E-state index in [-0.39, 0.29) is 13.0 Å². The van der Waals surface area contributed by atoms with Crippen LogP contribution in [0.3, 0.4) is 0 Å². The summed E-state index contributed by atoms with van der Waals surface area (Å²) in [6, 6.07) is 7.39. The standard InChI is InChI=1S/C16H18N2O3/c1-16(2,3)21-15(20)18-9-12(6-7-17)13-8-11(10-19)4-5-14(13)18/h4-5,8-9,19H,6,10H2,1-3H3. The van der Waals surface area contributed by atoms with E-state index in [1.54, 1.807) is 45.2 Å². The van der Waals surface area contributed by atoms with Crippen molar-refractivity contribution in [3.8, 4) is 6.07 Å². The lowest BCUT2D eigenvalue weighted by molar-refractivity contribution is 0.0544. The maximum Gasteiger partial charge on any atom is 0.419 e. The van der Waals surface area contributed by atoms with Crippen LogP contribution in [0.2, 0.25) is 0 Å².